The lowest BCUT2D eigenvalue weighted by molar-refractivity contribution is 0.871. The Balaban J connectivity index is 0.00000128. The molecular weight excluding hydrogens is 222 g/mol. The van der Waals surface area contributed by atoms with Gasteiger partial charge in [0.05, 0.1) is 11.9 Å². The lowest BCUT2D eigenvalue weighted by Crippen LogP contribution is -1.94. The molecule has 2 rings (SSSR count). The molecule has 0 bridgehead atoms. The molecule has 0 saturated carbocycles. The van der Waals surface area contributed by atoms with Crippen LogP contribution in [0.3, 0.4) is 0 Å². The minimum Gasteiger partial charge on any atom is -0.262 e. The van der Waals surface area contributed by atoms with Crippen LogP contribution in [0, 0.1) is 0 Å². The van der Waals surface area contributed by atoms with E-state index in [2.05, 4.69) is 17.0 Å². The Bertz CT molecular complexity index is 437. The number of pyridine rings is 1. The highest BCUT2D eigenvalue weighted by Crippen LogP contribution is 2.17. The second-order valence-corrected chi connectivity index (χ2v) is 3.71. The van der Waals surface area contributed by atoms with Crippen molar-refractivity contribution in [2.24, 2.45) is 0 Å². The zero-order valence-corrected chi connectivity index (χ0v) is 9.28. The molecule has 0 fully saturated rings. The van der Waals surface area contributed by atoms with Crippen molar-refractivity contribution in [3.63, 3.8) is 0 Å². The van der Waals surface area contributed by atoms with E-state index < -0.39 is 0 Å². The Hall–Kier alpha value is -1.35. The Morgan fingerprint density at radius 1 is 1.44 bits per heavy atom. The van der Waals surface area contributed by atoms with Crippen molar-refractivity contribution in [1.82, 2.24) is 14.8 Å². The Morgan fingerprint density at radius 2 is 2.25 bits per heavy atom. The first-order valence-corrected chi connectivity index (χ1v) is 5.33. The maximum absolute atomic E-state index is 6.02. The molecule has 0 atom stereocenters. The molecule has 0 saturated heterocycles. The molecule has 0 unspecified atom stereocenters. The monoisotopic (exact) mass is 237 g/mol. The van der Waals surface area contributed by atoms with Gasteiger partial charge in [0.1, 0.15) is 0 Å². The molecule has 0 aromatic carbocycles. The van der Waals surface area contributed by atoms with Crippen LogP contribution >= 0.6 is 11.6 Å². The Kier molecular flexibility index (Phi) is 4.50. The van der Waals surface area contributed by atoms with Crippen LogP contribution in [0.4, 0.5) is 0 Å². The van der Waals surface area contributed by atoms with Crippen LogP contribution < -0.4 is 0 Å². The average Bonchev–Trinajstić information content (AvgIpc) is 2.63. The van der Waals surface area contributed by atoms with E-state index in [0.717, 1.165) is 24.1 Å². The molecule has 0 aliphatic carbocycles. The smallest absolute Gasteiger partial charge is 0.154 e. The summed E-state index contributed by atoms with van der Waals surface area (Å²) in [7, 11) is 0. The van der Waals surface area contributed by atoms with Crippen molar-refractivity contribution in [2.75, 3.05) is 0 Å². The summed E-state index contributed by atoms with van der Waals surface area (Å²) >= 11 is 6.02. The largest absolute Gasteiger partial charge is 0.262 e. The molecule has 4 heteroatoms. The molecule has 0 amide bonds. The van der Waals surface area contributed by atoms with E-state index in [0.29, 0.717) is 5.15 Å². The molecular formula is C12H16ClN3. The summed E-state index contributed by atoms with van der Waals surface area (Å²) in [5, 5.41) is 4.83. The molecule has 0 radical (unpaired) electrons. The second kappa shape index (κ2) is 5.66. The molecule has 0 spiro atoms. The van der Waals surface area contributed by atoms with Crippen LogP contribution in [0.1, 0.15) is 26.3 Å². The molecule has 16 heavy (non-hydrogen) atoms. The minimum atomic E-state index is 0. The number of halogens is 1. The first-order chi connectivity index (χ1) is 7.31. The second-order valence-electron chi connectivity index (χ2n) is 3.35. The highest BCUT2D eigenvalue weighted by atomic mass is 35.5. The normalized spacial score (nSPS) is 9.88. The van der Waals surface area contributed by atoms with Crippen molar-refractivity contribution in [1.29, 1.82) is 0 Å². The van der Waals surface area contributed by atoms with Crippen molar-refractivity contribution in [3.8, 4) is 5.69 Å². The standard InChI is InChI=1S/C11H12ClN3.CH4/c1-2-4-9-8-15(14-11(9)12)10-5-3-6-13-7-10;/h3,5-8H,2,4H2,1H3;1H4. The van der Waals surface area contributed by atoms with E-state index in [1.54, 1.807) is 17.1 Å². The fourth-order valence-corrected chi connectivity index (χ4v) is 1.67. The topological polar surface area (TPSA) is 30.7 Å². The van der Waals surface area contributed by atoms with Gasteiger partial charge in [-0.15, -0.1) is 0 Å². The van der Waals surface area contributed by atoms with E-state index in [9.17, 15) is 0 Å². The summed E-state index contributed by atoms with van der Waals surface area (Å²) in [6.45, 7) is 2.12. The van der Waals surface area contributed by atoms with Gasteiger partial charge in [-0.3, -0.25) is 4.98 Å². The summed E-state index contributed by atoms with van der Waals surface area (Å²) in [6.07, 6.45) is 7.49. The number of aryl methyl sites for hydroxylation is 1. The SMILES string of the molecule is C.CCCc1cn(-c2cccnc2)nc1Cl. The van der Waals surface area contributed by atoms with Gasteiger partial charge >= 0.3 is 0 Å². The van der Waals surface area contributed by atoms with Gasteiger partial charge in [-0.05, 0) is 18.6 Å². The lowest BCUT2D eigenvalue weighted by Gasteiger charge is -1.97. The third-order valence-corrected chi connectivity index (χ3v) is 2.49. The van der Waals surface area contributed by atoms with E-state index in [4.69, 9.17) is 11.6 Å². The first kappa shape index (κ1) is 12.7. The fourth-order valence-electron chi connectivity index (χ4n) is 1.45. The van der Waals surface area contributed by atoms with Gasteiger partial charge in [0.15, 0.2) is 5.15 Å². The van der Waals surface area contributed by atoms with Crippen LogP contribution in [-0.2, 0) is 6.42 Å². The van der Waals surface area contributed by atoms with Crippen LogP contribution in [0.2, 0.25) is 5.15 Å². The molecule has 2 aromatic rings. The summed E-state index contributed by atoms with van der Waals surface area (Å²) in [6, 6.07) is 3.83. The molecule has 0 N–H and O–H groups in total. The Morgan fingerprint density at radius 3 is 2.88 bits per heavy atom. The van der Waals surface area contributed by atoms with Crippen LogP contribution in [0.5, 0.6) is 0 Å². The number of rotatable bonds is 3. The Labute approximate surface area is 101 Å². The predicted octanol–water partition coefficient (Wildman–Crippen LogP) is 3.51. The lowest BCUT2D eigenvalue weighted by atomic mass is 10.2. The van der Waals surface area contributed by atoms with Crippen molar-refractivity contribution in [2.45, 2.75) is 27.2 Å². The van der Waals surface area contributed by atoms with Crippen LogP contribution in [0.25, 0.3) is 5.69 Å². The number of hydrogen-bond donors (Lipinski definition) is 0. The van der Waals surface area contributed by atoms with E-state index in [-0.39, 0.29) is 7.43 Å². The summed E-state index contributed by atoms with van der Waals surface area (Å²) in [5.41, 5.74) is 2.02. The van der Waals surface area contributed by atoms with Crippen molar-refractivity contribution >= 4 is 11.6 Å². The van der Waals surface area contributed by atoms with Crippen LogP contribution in [-0.4, -0.2) is 14.8 Å². The van der Waals surface area contributed by atoms with Gasteiger partial charge in [-0.2, -0.15) is 5.10 Å². The van der Waals surface area contributed by atoms with Gasteiger partial charge in [0.25, 0.3) is 0 Å². The van der Waals surface area contributed by atoms with Crippen molar-refractivity contribution < 1.29 is 0 Å². The molecule has 86 valence electrons. The fraction of sp³-hybridized carbons (Fsp3) is 0.333. The van der Waals surface area contributed by atoms with Crippen LogP contribution in [0.15, 0.2) is 30.7 Å². The maximum atomic E-state index is 6.02. The number of hydrogen-bond acceptors (Lipinski definition) is 2. The van der Waals surface area contributed by atoms with E-state index in [1.165, 1.54) is 0 Å². The predicted molar refractivity (Wildman–Crippen MR) is 67.1 cm³/mol. The molecule has 2 heterocycles. The van der Waals surface area contributed by atoms with Gasteiger partial charge < -0.3 is 0 Å². The number of aromatic nitrogens is 3. The average molecular weight is 238 g/mol. The third-order valence-electron chi connectivity index (χ3n) is 2.17. The first-order valence-electron chi connectivity index (χ1n) is 4.95. The molecule has 0 aliphatic rings. The van der Waals surface area contributed by atoms with Gasteiger partial charge in [-0.1, -0.05) is 32.4 Å². The third kappa shape index (κ3) is 2.61. The van der Waals surface area contributed by atoms with Gasteiger partial charge in [0, 0.05) is 18.0 Å². The van der Waals surface area contributed by atoms with Gasteiger partial charge in [0.2, 0.25) is 0 Å². The van der Waals surface area contributed by atoms with E-state index in [1.807, 2.05) is 18.3 Å². The van der Waals surface area contributed by atoms with Crippen molar-refractivity contribution in [3.05, 3.63) is 41.4 Å². The zero-order chi connectivity index (χ0) is 10.7. The highest BCUT2D eigenvalue weighted by Gasteiger charge is 2.06. The summed E-state index contributed by atoms with van der Waals surface area (Å²) < 4.78 is 1.76. The maximum Gasteiger partial charge on any atom is 0.154 e. The summed E-state index contributed by atoms with van der Waals surface area (Å²) in [4.78, 5) is 4.04. The van der Waals surface area contributed by atoms with E-state index >= 15 is 0 Å². The summed E-state index contributed by atoms with van der Waals surface area (Å²) in [5.74, 6) is 0. The minimum absolute atomic E-state index is 0. The molecule has 3 nitrogen and oxygen atoms in total. The highest BCUT2D eigenvalue weighted by molar-refractivity contribution is 6.30. The molecule has 0 aliphatic heterocycles. The molecule has 2 aromatic heterocycles. The zero-order valence-electron chi connectivity index (χ0n) is 8.52. The number of nitrogens with zero attached hydrogens (tertiary/aromatic N) is 3. The van der Waals surface area contributed by atoms with Gasteiger partial charge in [-0.25, -0.2) is 4.68 Å². The quantitative estimate of drug-likeness (QED) is 0.818.